The maximum atomic E-state index is 13.0. The zero-order valence-corrected chi connectivity index (χ0v) is 20.2. The van der Waals surface area contributed by atoms with Gasteiger partial charge in [0.1, 0.15) is 5.69 Å². The van der Waals surface area contributed by atoms with E-state index in [2.05, 4.69) is 20.5 Å². The van der Waals surface area contributed by atoms with Gasteiger partial charge in [-0.2, -0.15) is 13.2 Å². The SMILES string of the molecule is Cc1ccc(NC(=O)c2ccnc(C(F)(F)F)c2)cc1-c1cc(C2CCOCC2)c(OC(C)C)nn1. The predicted molar refractivity (Wildman–Crippen MR) is 128 cm³/mol. The number of hydrogen-bond donors (Lipinski definition) is 1. The van der Waals surface area contributed by atoms with E-state index < -0.39 is 17.8 Å². The summed E-state index contributed by atoms with van der Waals surface area (Å²) >= 11 is 0. The van der Waals surface area contributed by atoms with E-state index in [-0.39, 0.29) is 17.6 Å². The van der Waals surface area contributed by atoms with Gasteiger partial charge in [0.05, 0.1) is 11.8 Å². The maximum Gasteiger partial charge on any atom is 0.433 e. The van der Waals surface area contributed by atoms with Gasteiger partial charge in [0.2, 0.25) is 5.88 Å². The Labute approximate surface area is 207 Å². The molecule has 0 saturated carbocycles. The lowest BCUT2D eigenvalue weighted by Gasteiger charge is -2.24. The Bertz CT molecular complexity index is 1240. The zero-order chi connectivity index (χ0) is 25.9. The molecule has 0 unspecified atom stereocenters. The van der Waals surface area contributed by atoms with Gasteiger partial charge in [-0.1, -0.05) is 6.07 Å². The topological polar surface area (TPSA) is 86.2 Å². The van der Waals surface area contributed by atoms with Crippen molar-refractivity contribution < 1.29 is 27.4 Å². The van der Waals surface area contributed by atoms with Crippen LogP contribution in [0.4, 0.5) is 18.9 Å². The number of anilines is 1. The van der Waals surface area contributed by atoms with Gasteiger partial charge in [-0.25, -0.2) is 0 Å². The fraction of sp³-hybridized carbons (Fsp3) is 0.385. The quantitative estimate of drug-likeness (QED) is 0.461. The highest BCUT2D eigenvalue weighted by Gasteiger charge is 2.33. The van der Waals surface area contributed by atoms with Gasteiger partial charge in [-0.15, -0.1) is 10.2 Å². The van der Waals surface area contributed by atoms with Crippen LogP contribution in [0.5, 0.6) is 5.88 Å². The fourth-order valence-electron chi connectivity index (χ4n) is 4.05. The molecular weight excluding hydrogens is 473 g/mol. The van der Waals surface area contributed by atoms with Crippen LogP contribution in [0.3, 0.4) is 0 Å². The normalized spacial score (nSPS) is 14.6. The minimum atomic E-state index is -4.64. The van der Waals surface area contributed by atoms with Crippen LogP contribution in [-0.4, -0.2) is 40.4 Å². The first kappa shape index (κ1) is 25.6. The van der Waals surface area contributed by atoms with Crippen LogP contribution in [0.2, 0.25) is 0 Å². The molecular formula is C26H27F3N4O3. The summed E-state index contributed by atoms with van der Waals surface area (Å²) in [5.41, 5.74) is 2.38. The minimum Gasteiger partial charge on any atom is -0.474 e. The van der Waals surface area contributed by atoms with Gasteiger partial charge < -0.3 is 14.8 Å². The van der Waals surface area contributed by atoms with Crippen LogP contribution in [0.1, 0.15) is 59.8 Å². The Morgan fingerprint density at radius 1 is 1.11 bits per heavy atom. The first-order chi connectivity index (χ1) is 17.1. The van der Waals surface area contributed by atoms with Crippen molar-refractivity contribution in [2.45, 2.75) is 51.8 Å². The molecule has 1 saturated heterocycles. The van der Waals surface area contributed by atoms with Gasteiger partial charge in [0, 0.05) is 41.8 Å². The predicted octanol–water partition coefficient (Wildman–Crippen LogP) is 5.80. The number of aryl methyl sites for hydroxylation is 1. The van der Waals surface area contributed by atoms with Crippen LogP contribution in [0.15, 0.2) is 42.6 Å². The van der Waals surface area contributed by atoms with Gasteiger partial charge in [0.15, 0.2) is 0 Å². The lowest BCUT2D eigenvalue weighted by Crippen LogP contribution is -2.18. The summed E-state index contributed by atoms with van der Waals surface area (Å²) in [6.45, 7) is 7.10. The summed E-state index contributed by atoms with van der Waals surface area (Å²) in [4.78, 5) is 16.0. The second-order valence-electron chi connectivity index (χ2n) is 8.95. The Hall–Kier alpha value is -3.53. The highest BCUT2D eigenvalue weighted by Crippen LogP contribution is 2.36. The summed E-state index contributed by atoms with van der Waals surface area (Å²) in [5, 5.41) is 11.4. The van der Waals surface area contributed by atoms with Crippen LogP contribution in [-0.2, 0) is 10.9 Å². The molecule has 2 aromatic heterocycles. The fourth-order valence-corrected chi connectivity index (χ4v) is 4.05. The van der Waals surface area contributed by atoms with Crippen LogP contribution < -0.4 is 10.1 Å². The third-order valence-corrected chi connectivity index (χ3v) is 5.88. The summed E-state index contributed by atoms with van der Waals surface area (Å²) in [7, 11) is 0. The average Bonchev–Trinajstić information content (AvgIpc) is 2.85. The standard InChI is InChI=1S/C26H27F3N4O3/c1-15(2)36-25-21(17-7-10-35-11-8-17)14-22(32-33-25)20-13-19(5-4-16(20)3)31-24(34)18-6-9-30-23(12-18)26(27,28)29/h4-6,9,12-15,17H,7-8,10-11H2,1-3H3,(H,31,34). The number of aromatic nitrogens is 3. The molecule has 0 bridgehead atoms. The van der Waals surface area contributed by atoms with E-state index in [1.54, 1.807) is 12.1 Å². The van der Waals surface area contributed by atoms with Gasteiger partial charge in [-0.3, -0.25) is 9.78 Å². The second kappa shape index (κ2) is 10.6. The number of benzene rings is 1. The van der Waals surface area contributed by atoms with E-state index in [9.17, 15) is 18.0 Å². The van der Waals surface area contributed by atoms with Crippen molar-refractivity contribution in [2.24, 2.45) is 0 Å². The number of hydrogen-bond acceptors (Lipinski definition) is 6. The number of amides is 1. The molecule has 0 radical (unpaired) electrons. The molecule has 3 aromatic rings. The van der Waals surface area contributed by atoms with E-state index in [1.165, 1.54) is 6.07 Å². The highest BCUT2D eigenvalue weighted by molar-refractivity contribution is 6.04. The van der Waals surface area contributed by atoms with Crippen molar-refractivity contribution in [1.29, 1.82) is 0 Å². The smallest absolute Gasteiger partial charge is 0.433 e. The molecule has 0 atom stereocenters. The van der Waals surface area contributed by atoms with E-state index in [1.807, 2.05) is 32.9 Å². The Balaban J connectivity index is 1.64. The Morgan fingerprint density at radius 3 is 2.56 bits per heavy atom. The molecule has 36 heavy (non-hydrogen) atoms. The minimum absolute atomic E-state index is 0.0601. The zero-order valence-electron chi connectivity index (χ0n) is 20.2. The molecule has 0 aliphatic carbocycles. The third-order valence-electron chi connectivity index (χ3n) is 5.88. The monoisotopic (exact) mass is 500 g/mol. The highest BCUT2D eigenvalue weighted by atomic mass is 19.4. The summed E-state index contributed by atoms with van der Waals surface area (Å²) < 4.78 is 50.4. The largest absolute Gasteiger partial charge is 0.474 e. The number of halogens is 3. The molecule has 4 rings (SSSR count). The number of nitrogens with zero attached hydrogens (tertiary/aromatic N) is 3. The van der Waals surface area contributed by atoms with Crippen molar-refractivity contribution in [2.75, 3.05) is 18.5 Å². The van der Waals surface area contributed by atoms with Crippen LogP contribution in [0.25, 0.3) is 11.3 Å². The van der Waals surface area contributed by atoms with Gasteiger partial charge in [0.25, 0.3) is 5.91 Å². The Kier molecular flexibility index (Phi) is 7.53. The van der Waals surface area contributed by atoms with Gasteiger partial charge in [-0.05, 0) is 75.4 Å². The molecule has 10 heteroatoms. The Morgan fingerprint density at radius 2 is 1.86 bits per heavy atom. The van der Waals surface area contributed by atoms with E-state index >= 15 is 0 Å². The first-order valence-corrected chi connectivity index (χ1v) is 11.7. The van der Waals surface area contributed by atoms with Crippen molar-refractivity contribution in [1.82, 2.24) is 15.2 Å². The van der Waals surface area contributed by atoms with Crippen molar-refractivity contribution >= 4 is 11.6 Å². The summed E-state index contributed by atoms with van der Waals surface area (Å²) in [5.74, 6) is 0.0488. The van der Waals surface area contributed by atoms with E-state index in [4.69, 9.17) is 9.47 Å². The number of carbonyl (C=O) groups is 1. The number of alkyl halides is 3. The molecule has 7 nitrogen and oxygen atoms in total. The number of nitrogens with one attached hydrogen (secondary N) is 1. The lowest BCUT2D eigenvalue weighted by atomic mass is 9.91. The van der Waals surface area contributed by atoms with Gasteiger partial charge >= 0.3 is 6.18 Å². The molecule has 1 aromatic carbocycles. The molecule has 1 fully saturated rings. The van der Waals surface area contributed by atoms with Crippen LogP contribution in [0, 0.1) is 6.92 Å². The molecule has 190 valence electrons. The lowest BCUT2D eigenvalue weighted by molar-refractivity contribution is -0.141. The summed E-state index contributed by atoms with van der Waals surface area (Å²) in [6.07, 6.45) is -2.04. The number of rotatable bonds is 6. The van der Waals surface area contributed by atoms with E-state index in [0.29, 0.717) is 30.5 Å². The maximum absolute atomic E-state index is 13.0. The molecule has 0 spiro atoms. The van der Waals surface area contributed by atoms with Crippen molar-refractivity contribution in [3.8, 4) is 17.1 Å². The summed E-state index contributed by atoms with van der Waals surface area (Å²) in [6, 6.07) is 9.16. The molecule has 1 aliphatic rings. The van der Waals surface area contributed by atoms with Crippen molar-refractivity contribution in [3.05, 3.63) is 65.0 Å². The second-order valence-corrected chi connectivity index (χ2v) is 8.95. The third kappa shape index (κ3) is 5.99. The van der Waals surface area contributed by atoms with Crippen molar-refractivity contribution in [3.63, 3.8) is 0 Å². The molecule has 1 amide bonds. The molecule has 1 N–H and O–H groups in total. The average molecular weight is 501 g/mol. The molecule has 1 aliphatic heterocycles. The molecule has 3 heterocycles. The number of ether oxygens (including phenoxy) is 2. The number of pyridine rings is 1. The number of carbonyl (C=O) groups excluding carboxylic acids is 1. The first-order valence-electron chi connectivity index (χ1n) is 11.7. The van der Waals surface area contributed by atoms with E-state index in [0.717, 1.165) is 41.8 Å². The van der Waals surface area contributed by atoms with Crippen LogP contribution >= 0.6 is 0 Å².